The Bertz CT molecular complexity index is 951. The van der Waals surface area contributed by atoms with Crippen molar-refractivity contribution < 1.29 is 21.8 Å². The summed E-state index contributed by atoms with van der Waals surface area (Å²) in [5.74, 6) is -0.417. The third kappa shape index (κ3) is 6.74. The van der Waals surface area contributed by atoms with Crippen LogP contribution in [0.3, 0.4) is 0 Å². The lowest BCUT2D eigenvalue weighted by Crippen LogP contribution is -2.50. The maximum Gasteiger partial charge on any atom is 0.339 e. The zero-order valence-corrected chi connectivity index (χ0v) is 18.1. The van der Waals surface area contributed by atoms with Gasteiger partial charge in [-0.1, -0.05) is 12.1 Å². The molecule has 0 heterocycles. The predicted octanol–water partition coefficient (Wildman–Crippen LogP) is 4.31. The summed E-state index contributed by atoms with van der Waals surface area (Å²) in [7, 11) is -4.09. The number of halogens is 1. The highest BCUT2D eigenvalue weighted by Gasteiger charge is 2.22. The van der Waals surface area contributed by atoms with E-state index in [0.717, 1.165) is 29.8 Å². The number of amides is 2. The van der Waals surface area contributed by atoms with Gasteiger partial charge in [-0.3, -0.25) is 0 Å². The minimum atomic E-state index is -4.09. The molecule has 0 aliphatic carbocycles. The molecule has 0 spiro atoms. The SMILES string of the molecule is CC(C)N(Cc1cccc(OS(=O)(=O)c2ccc(F)cc2)c1)C(=O)NC(C)(C)C. The molecule has 0 aromatic heterocycles. The van der Waals surface area contributed by atoms with E-state index in [1.807, 2.05) is 34.6 Å². The highest BCUT2D eigenvalue weighted by Crippen LogP contribution is 2.21. The van der Waals surface area contributed by atoms with Crippen molar-refractivity contribution in [3.05, 3.63) is 59.9 Å². The summed E-state index contributed by atoms with van der Waals surface area (Å²) < 4.78 is 43.0. The highest BCUT2D eigenvalue weighted by molar-refractivity contribution is 7.87. The molecule has 2 aromatic rings. The van der Waals surface area contributed by atoms with Crippen LogP contribution in [0.1, 0.15) is 40.2 Å². The van der Waals surface area contributed by atoms with Gasteiger partial charge in [-0.05, 0) is 76.6 Å². The zero-order chi connectivity index (χ0) is 21.8. The quantitative estimate of drug-likeness (QED) is 0.704. The summed E-state index contributed by atoms with van der Waals surface area (Å²) in [4.78, 5) is 14.1. The number of urea groups is 1. The minimum Gasteiger partial charge on any atom is -0.379 e. The Kier molecular flexibility index (Phi) is 6.89. The van der Waals surface area contributed by atoms with Gasteiger partial charge in [-0.15, -0.1) is 0 Å². The fraction of sp³-hybridized carbons (Fsp3) is 0.381. The van der Waals surface area contributed by atoms with Crippen LogP contribution in [-0.4, -0.2) is 30.9 Å². The van der Waals surface area contributed by atoms with Gasteiger partial charge < -0.3 is 14.4 Å². The van der Waals surface area contributed by atoms with Crippen molar-refractivity contribution in [2.45, 2.75) is 57.6 Å². The lowest BCUT2D eigenvalue weighted by atomic mass is 10.1. The van der Waals surface area contributed by atoms with Gasteiger partial charge in [0.2, 0.25) is 0 Å². The monoisotopic (exact) mass is 422 g/mol. The summed E-state index contributed by atoms with van der Waals surface area (Å²) in [5.41, 5.74) is 0.341. The van der Waals surface area contributed by atoms with Gasteiger partial charge in [0, 0.05) is 18.1 Å². The molecule has 0 saturated carbocycles. The molecule has 158 valence electrons. The Morgan fingerprint density at radius 3 is 2.31 bits per heavy atom. The lowest BCUT2D eigenvalue weighted by molar-refractivity contribution is 0.171. The third-order valence-electron chi connectivity index (χ3n) is 3.93. The number of hydrogen-bond donors (Lipinski definition) is 1. The first-order valence-corrected chi connectivity index (χ1v) is 10.7. The molecule has 6 nitrogen and oxygen atoms in total. The standard InChI is InChI=1S/C21H27FN2O4S/c1-15(2)24(20(25)23-21(3,4)5)14-16-7-6-8-18(13-16)28-29(26,27)19-11-9-17(22)10-12-19/h6-13,15H,14H2,1-5H3,(H,23,25). The van der Waals surface area contributed by atoms with E-state index in [2.05, 4.69) is 5.32 Å². The number of carbonyl (C=O) groups excluding carboxylic acids is 1. The fourth-order valence-corrected chi connectivity index (χ4v) is 3.47. The van der Waals surface area contributed by atoms with Gasteiger partial charge in [0.1, 0.15) is 16.5 Å². The number of nitrogens with zero attached hydrogens (tertiary/aromatic N) is 1. The summed E-state index contributed by atoms with van der Waals surface area (Å²) in [6, 6.07) is 10.7. The van der Waals surface area contributed by atoms with Gasteiger partial charge in [-0.2, -0.15) is 8.42 Å². The topological polar surface area (TPSA) is 75.7 Å². The Morgan fingerprint density at radius 1 is 1.14 bits per heavy atom. The lowest BCUT2D eigenvalue weighted by Gasteiger charge is -2.31. The smallest absolute Gasteiger partial charge is 0.339 e. The minimum absolute atomic E-state index is 0.0649. The molecule has 29 heavy (non-hydrogen) atoms. The van der Waals surface area contributed by atoms with Crippen LogP contribution in [0.15, 0.2) is 53.4 Å². The first-order chi connectivity index (χ1) is 13.4. The first kappa shape index (κ1) is 22.7. The van der Waals surface area contributed by atoms with Crippen molar-refractivity contribution in [1.29, 1.82) is 0 Å². The van der Waals surface area contributed by atoms with E-state index in [1.54, 1.807) is 23.1 Å². The fourth-order valence-electron chi connectivity index (χ4n) is 2.55. The summed E-state index contributed by atoms with van der Waals surface area (Å²) >= 11 is 0. The van der Waals surface area contributed by atoms with Gasteiger partial charge in [-0.25, -0.2) is 9.18 Å². The molecule has 2 aromatic carbocycles. The van der Waals surface area contributed by atoms with E-state index in [4.69, 9.17) is 4.18 Å². The number of hydrogen-bond acceptors (Lipinski definition) is 4. The summed E-state index contributed by atoms with van der Waals surface area (Å²) in [6.45, 7) is 9.80. The molecule has 0 radical (unpaired) electrons. The number of carbonyl (C=O) groups is 1. The van der Waals surface area contributed by atoms with E-state index in [0.29, 0.717) is 0 Å². The van der Waals surface area contributed by atoms with Crippen molar-refractivity contribution in [3.63, 3.8) is 0 Å². The van der Waals surface area contributed by atoms with Crippen LogP contribution < -0.4 is 9.50 Å². The van der Waals surface area contributed by atoms with Crippen molar-refractivity contribution in [3.8, 4) is 5.75 Å². The maximum absolute atomic E-state index is 13.0. The second-order valence-corrected chi connectivity index (χ2v) is 9.59. The van der Waals surface area contributed by atoms with Crippen LogP contribution in [0.4, 0.5) is 9.18 Å². The van der Waals surface area contributed by atoms with Crippen molar-refractivity contribution in [1.82, 2.24) is 10.2 Å². The normalized spacial score (nSPS) is 12.0. The van der Waals surface area contributed by atoms with E-state index < -0.39 is 15.9 Å². The van der Waals surface area contributed by atoms with Gasteiger partial charge >= 0.3 is 16.1 Å². The molecule has 0 bridgehead atoms. The average molecular weight is 423 g/mol. The van der Waals surface area contributed by atoms with Crippen LogP contribution in [0, 0.1) is 5.82 Å². The van der Waals surface area contributed by atoms with E-state index in [1.165, 1.54) is 6.07 Å². The molecule has 0 atom stereocenters. The average Bonchev–Trinajstić information content (AvgIpc) is 2.58. The Balaban J connectivity index is 2.19. The van der Waals surface area contributed by atoms with Crippen LogP contribution in [0.5, 0.6) is 5.75 Å². The molecule has 0 fully saturated rings. The Hall–Kier alpha value is -2.61. The molecule has 2 rings (SSSR count). The second-order valence-electron chi connectivity index (χ2n) is 8.04. The van der Waals surface area contributed by atoms with Crippen molar-refractivity contribution in [2.24, 2.45) is 0 Å². The Labute approximate surface area is 171 Å². The first-order valence-electron chi connectivity index (χ1n) is 9.25. The molecule has 0 saturated heterocycles. The zero-order valence-electron chi connectivity index (χ0n) is 17.3. The molecular formula is C21H27FN2O4S. The molecule has 2 amide bonds. The highest BCUT2D eigenvalue weighted by atomic mass is 32.2. The molecule has 1 N–H and O–H groups in total. The van der Waals surface area contributed by atoms with E-state index >= 15 is 0 Å². The van der Waals surface area contributed by atoms with Gasteiger partial charge in [0.15, 0.2) is 0 Å². The number of benzene rings is 2. The molecular weight excluding hydrogens is 395 g/mol. The largest absolute Gasteiger partial charge is 0.379 e. The van der Waals surface area contributed by atoms with Crippen LogP contribution >= 0.6 is 0 Å². The molecule has 0 unspecified atom stereocenters. The summed E-state index contributed by atoms with van der Waals surface area (Å²) in [6.07, 6.45) is 0. The van der Waals surface area contributed by atoms with Crippen molar-refractivity contribution >= 4 is 16.1 Å². The van der Waals surface area contributed by atoms with Crippen LogP contribution in [-0.2, 0) is 16.7 Å². The molecule has 0 aliphatic rings. The second kappa shape index (κ2) is 8.82. The van der Waals surface area contributed by atoms with E-state index in [9.17, 15) is 17.6 Å². The van der Waals surface area contributed by atoms with Gasteiger partial charge in [0.25, 0.3) is 0 Å². The predicted molar refractivity (Wildman–Crippen MR) is 110 cm³/mol. The van der Waals surface area contributed by atoms with Gasteiger partial charge in [0.05, 0.1) is 0 Å². The van der Waals surface area contributed by atoms with Crippen LogP contribution in [0.25, 0.3) is 0 Å². The third-order valence-corrected chi connectivity index (χ3v) is 5.19. The van der Waals surface area contributed by atoms with E-state index in [-0.39, 0.29) is 34.8 Å². The number of nitrogens with one attached hydrogen (secondary N) is 1. The van der Waals surface area contributed by atoms with Crippen molar-refractivity contribution in [2.75, 3.05) is 0 Å². The molecule has 8 heteroatoms. The summed E-state index contributed by atoms with van der Waals surface area (Å²) in [5, 5.41) is 2.93. The van der Waals surface area contributed by atoms with Crippen LogP contribution in [0.2, 0.25) is 0 Å². The Morgan fingerprint density at radius 2 is 1.76 bits per heavy atom. The molecule has 0 aliphatic heterocycles. The number of rotatable bonds is 6. The maximum atomic E-state index is 13.0.